The Labute approximate surface area is 152 Å². The number of carbonyl (C=O) groups is 1. The summed E-state index contributed by atoms with van der Waals surface area (Å²) in [6, 6.07) is 3.93. The summed E-state index contributed by atoms with van der Waals surface area (Å²) < 4.78 is 41.6. The molecular formula is C16H18F3N7O. The topological polar surface area (TPSA) is 89.1 Å². The maximum Gasteiger partial charge on any atom is 0.433 e. The molecule has 3 aromatic heterocycles. The minimum atomic E-state index is -4.47. The SMILES string of the molecule is Cc1cc(C(F)(F)F)n(CC(C)CNC(=O)Nc2cccn3cnnc23)n1. The molecule has 0 spiro atoms. The third kappa shape index (κ3) is 4.36. The van der Waals surface area contributed by atoms with Gasteiger partial charge in [0.2, 0.25) is 0 Å². The molecule has 0 aliphatic heterocycles. The van der Waals surface area contributed by atoms with E-state index in [1.165, 1.54) is 13.3 Å². The van der Waals surface area contributed by atoms with Crippen molar-refractivity contribution >= 4 is 17.4 Å². The predicted molar refractivity (Wildman–Crippen MR) is 91.1 cm³/mol. The summed E-state index contributed by atoms with van der Waals surface area (Å²) in [5.41, 5.74) is 0.459. The second kappa shape index (κ2) is 7.25. The highest BCUT2D eigenvalue weighted by Crippen LogP contribution is 2.30. The van der Waals surface area contributed by atoms with E-state index < -0.39 is 17.9 Å². The van der Waals surface area contributed by atoms with Crippen LogP contribution in [0.5, 0.6) is 0 Å². The summed E-state index contributed by atoms with van der Waals surface area (Å²) in [5.74, 6) is -0.264. The van der Waals surface area contributed by atoms with Crippen molar-refractivity contribution in [3.8, 4) is 0 Å². The molecule has 0 aromatic carbocycles. The quantitative estimate of drug-likeness (QED) is 0.711. The van der Waals surface area contributed by atoms with Crippen LogP contribution in [-0.4, -0.2) is 37.0 Å². The number of halogens is 3. The Bertz CT molecular complexity index is 947. The molecule has 0 radical (unpaired) electrons. The van der Waals surface area contributed by atoms with Gasteiger partial charge in [-0.25, -0.2) is 4.79 Å². The van der Waals surface area contributed by atoms with E-state index in [1.54, 1.807) is 29.7 Å². The molecule has 2 amide bonds. The van der Waals surface area contributed by atoms with Crippen LogP contribution in [0.2, 0.25) is 0 Å². The summed E-state index contributed by atoms with van der Waals surface area (Å²) >= 11 is 0. The Morgan fingerprint density at radius 3 is 2.89 bits per heavy atom. The lowest BCUT2D eigenvalue weighted by Gasteiger charge is -2.16. The molecule has 3 aromatic rings. The number of nitrogens with one attached hydrogen (secondary N) is 2. The Morgan fingerprint density at radius 2 is 2.15 bits per heavy atom. The molecule has 1 unspecified atom stereocenters. The summed E-state index contributed by atoms with van der Waals surface area (Å²) in [6.07, 6.45) is -1.22. The van der Waals surface area contributed by atoms with Crippen molar-refractivity contribution < 1.29 is 18.0 Å². The molecule has 0 saturated carbocycles. The number of aromatic nitrogens is 5. The molecule has 0 aliphatic carbocycles. The molecule has 27 heavy (non-hydrogen) atoms. The zero-order valence-electron chi connectivity index (χ0n) is 14.7. The van der Waals surface area contributed by atoms with Gasteiger partial charge in [-0.1, -0.05) is 6.92 Å². The van der Waals surface area contributed by atoms with Gasteiger partial charge in [0.05, 0.1) is 11.4 Å². The molecule has 1 atom stereocenters. The number of anilines is 1. The Balaban J connectivity index is 1.57. The monoisotopic (exact) mass is 381 g/mol. The zero-order valence-corrected chi connectivity index (χ0v) is 14.7. The van der Waals surface area contributed by atoms with E-state index in [-0.39, 0.29) is 19.0 Å². The highest BCUT2D eigenvalue weighted by Gasteiger charge is 2.35. The van der Waals surface area contributed by atoms with Crippen LogP contribution in [0.4, 0.5) is 23.7 Å². The number of fused-ring (bicyclic) bond motifs is 1. The summed E-state index contributed by atoms with van der Waals surface area (Å²) in [6.45, 7) is 3.45. The van der Waals surface area contributed by atoms with E-state index in [1.807, 2.05) is 0 Å². The first kappa shape index (κ1) is 18.7. The third-order valence-electron chi connectivity index (χ3n) is 3.86. The number of rotatable bonds is 5. The molecule has 0 saturated heterocycles. The van der Waals surface area contributed by atoms with E-state index in [2.05, 4.69) is 25.9 Å². The normalized spacial score (nSPS) is 12.9. The number of aryl methyl sites for hydroxylation is 1. The predicted octanol–water partition coefficient (Wildman–Crippen LogP) is 2.71. The van der Waals surface area contributed by atoms with E-state index in [0.29, 0.717) is 17.0 Å². The Hall–Kier alpha value is -3.11. The van der Waals surface area contributed by atoms with Crippen molar-refractivity contribution in [3.63, 3.8) is 0 Å². The highest BCUT2D eigenvalue weighted by molar-refractivity contribution is 5.92. The standard InChI is InChI=1S/C16H18F3N7O/c1-10(8-26-13(16(17,18)19)6-11(2)24-26)7-20-15(27)22-12-4-3-5-25-9-21-23-14(12)25/h3-6,9-10H,7-8H2,1-2H3,(H2,20,22,27). The minimum Gasteiger partial charge on any atom is -0.338 e. The molecule has 8 nitrogen and oxygen atoms in total. The number of hydrogen-bond acceptors (Lipinski definition) is 4. The maximum absolute atomic E-state index is 13.0. The van der Waals surface area contributed by atoms with Crippen LogP contribution in [-0.2, 0) is 12.7 Å². The molecule has 3 rings (SSSR count). The number of alkyl halides is 3. The molecule has 11 heteroatoms. The van der Waals surface area contributed by atoms with Crippen LogP contribution < -0.4 is 10.6 Å². The first-order valence-electron chi connectivity index (χ1n) is 8.19. The van der Waals surface area contributed by atoms with Gasteiger partial charge in [0.25, 0.3) is 0 Å². The molecule has 2 N–H and O–H groups in total. The van der Waals surface area contributed by atoms with E-state index in [9.17, 15) is 18.0 Å². The highest BCUT2D eigenvalue weighted by atomic mass is 19.4. The van der Waals surface area contributed by atoms with Crippen molar-refractivity contribution in [3.05, 3.63) is 42.1 Å². The number of hydrogen-bond donors (Lipinski definition) is 2. The van der Waals surface area contributed by atoms with Gasteiger partial charge in [-0.3, -0.25) is 9.08 Å². The van der Waals surface area contributed by atoms with Gasteiger partial charge in [-0.05, 0) is 31.0 Å². The molecule has 144 valence electrons. The molecule has 0 fully saturated rings. The van der Waals surface area contributed by atoms with Crippen molar-refractivity contribution in [1.82, 2.24) is 29.7 Å². The third-order valence-corrected chi connectivity index (χ3v) is 3.86. The average Bonchev–Trinajstić information content (AvgIpc) is 3.19. The van der Waals surface area contributed by atoms with Gasteiger partial charge in [0, 0.05) is 19.3 Å². The van der Waals surface area contributed by atoms with Gasteiger partial charge >= 0.3 is 12.2 Å². The summed E-state index contributed by atoms with van der Waals surface area (Å²) in [5, 5.41) is 16.9. The van der Waals surface area contributed by atoms with Gasteiger partial charge in [-0.15, -0.1) is 10.2 Å². The number of pyridine rings is 1. The fourth-order valence-corrected chi connectivity index (χ4v) is 2.65. The van der Waals surface area contributed by atoms with E-state index in [4.69, 9.17) is 0 Å². The zero-order chi connectivity index (χ0) is 19.6. The lowest BCUT2D eigenvalue weighted by atomic mass is 10.2. The molecule has 3 heterocycles. The number of carbonyl (C=O) groups excluding carboxylic acids is 1. The lowest BCUT2D eigenvalue weighted by Crippen LogP contribution is -2.34. The largest absolute Gasteiger partial charge is 0.433 e. The second-order valence-electron chi connectivity index (χ2n) is 6.27. The summed E-state index contributed by atoms with van der Waals surface area (Å²) in [4.78, 5) is 12.1. The van der Waals surface area contributed by atoms with E-state index in [0.717, 1.165) is 10.7 Å². The first-order valence-corrected chi connectivity index (χ1v) is 8.19. The minimum absolute atomic E-state index is 0.0305. The molecule has 0 bridgehead atoms. The van der Waals surface area contributed by atoms with Gasteiger partial charge in [0.15, 0.2) is 5.65 Å². The Kier molecular flexibility index (Phi) is 5.02. The summed E-state index contributed by atoms with van der Waals surface area (Å²) in [7, 11) is 0. The molecule has 0 aliphatic rings. The van der Waals surface area contributed by atoms with Crippen molar-refractivity contribution in [2.45, 2.75) is 26.6 Å². The van der Waals surface area contributed by atoms with Crippen LogP contribution in [0.15, 0.2) is 30.7 Å². The van der Waals surface area contributed by atoms with Gasteiger partial charge in [0.1, 0.15) is 12.0 Å². The van der Waals surface area contributed by atoms with Crippen LogP contribution >= 0.6 is 0 Å². The van der Waals surface area contributed by atoms with Crippen molar-refractivity contribution in [1.29, 1.82) is 0 Å². The maximum atomic E-state index is 13.0. The van der Waals surface area contributed by atoms with Gasteiger partial charge < -0.3 is 10.6 Å². The smallest absolute Gasteiger partial charge is 0.338 e. The van der Waals surface area contributed by atoms with E-state index >= 15 is 0 Å². The fourth-order valence-electron chi connectivity index (χ4n) is 2.65. The van der Waals surface area contributed by atoms with Crippen LogP contribution in [0.1, 0.15) is 18.3 Å². The lowest BCUT2D eigenvalue weighted by molar-refractivity contribution is -0.144. The number of amides is 2. The van der Waals surface area contributed by atoms with Crippen molar-refractivity contribution in [2.75, 3.05) is 11.9 Å². The Morgan fingerprint density at radius 1 is 1.37 bits per heavy atom. The molecular weight excluding hydrogens is 363 g/mol. The van der Waals surface area contributed by atoms with Gasteiger partial charge in [-0.2, -0.15) is 18.3 Å². The second-order valence-corrected chi connectivity index (χ2v) is 6.27. The average molecular weight is 381 g/mol. The fraction of sp³-hybridized carbons (Fsp3) is 0.375. The van der Waals surface area contributed by atoms with Crippen LogP contribution in [0.25, 0.3) is 5.65 Å². The number of nitrogens with zero attached hydrogens (tertiary/aromatic N) is 5. The van der Waals surface area contributed by atoms with Crippen LogP contribution in [0.3, 0.4) is 0 Å². The first-order chi connectivity index (χ1) is 12.7. The number of urea groups is 1. The van der Waals surface area contributed by atoms with Crippen molar-refractivity contribution in [2.24, 2.45) is 5.92 Å². The van der Waals surface area contributed by atoms with Crippen LogP contribution in [0, 0.1) is 12.8 Å².